The van der Waals surface area contributed by atoms with Crippen LogP contribution in [0, 0.1) is 20.2 Å². The zero-order chi connectivity index (χ0) is 56.6. The minimum absolute atomic E-state index is 0.0614. The van der Waals surface area contributed by atoms with E-state index in [-0.39, 0.29) is 64.2 Å². The zero-order valence-corrected chi connectivity index (χ0v) is 45.6. The number of para-hydroxylation sites is 2. The molecule has 2 aliphatic heterocycles. The molecule has 0 unspecified atom stereocenters. The number of hydrogen-bond acceptors (Lipinski definition) is 20. The van der Waals surface area contributed by atoms with Crippen molar-refractivity contribution in [3.63, 3.8) is 0 Å². The predicted molar refractivity (Wildman–Crippen MR) is 300 cm³/mol. The smallest absolute Gasteiger partial charge is 0.269 e. The number of nitrogens with zero attached hydrogens (tertiary/aromatic N) is 6. The topological polar surface area (TPSA) is 246 Å². The molecule has 0 fully saturated rings. The quantitative estimate of drug-likeness (QED) is 0.0853. The summed E-state index contributed by atoms with van der Waals surface area (Å²) in [6.07, 6.45) is 1.21. The summed E-state index contributed by atoms with van der Waals surface area (Å²) in [7, 11) is 0. The third-order valence-corrected chi connectivity index (χ3v) is 13.1. The van der Waals surface area contributed by atoms with Gasteiger partial charge in [0.05, 0.1) is 138 Å². The van der Waals surface area contributed by atoms with Gasteiger partial charge in [0.1, 0.15) is 49.4 Å². The third kappa shape index (κ3) is 17.6. The second-order valence-corrected chi connectivity index (χ2v) is 18.9. The van der Waals surface area contributed by atoms with Crippen LogP contribution in [0.2, 0.25) is 0 Å². The maximum Gasteiger partial charge on any atom is 0.269 e. The normalized spacial score (nSPS) is 17.2. The minimum Gasteiger partial charge on any atom is -0.491 e. The Hall–Kier alpha value is -7.80. The monoisotopic (exact) mass is 1130 g/mol. The van der Waals surface area contributed by atoms with Crippen LogP contribution < -0.4 is 18.9 Å². The number of benzene rings is 6. The van der Waals surface area contributed by atoms with Gasteiger partial charge in [0, 0.05) is 72.2 Å². The fraction of sp³-hybridized carbons (Fsp3) is 0.400. The molecule has 0 atom stereocenters. The van der Waals surface area contributed by atoms with E-state index in [1.807, 2.05) is 60.7 Å². The van der Waals surface area contributed by atoms with Crippen LogP contribution in [0.3, 0.4) is 0 Å². The van der Waals surface area contributed by atoms with E-state index >= 15 is 0 Å². The number of non-ortho nitro benzene ring substituents is 2. The molecule has 0 saturated heterocycles. The van der Waals surface area contributed by atoms with Crippen molar-refractivity contribution in [2.75, 3.05) is 132 Å². The summed E-state index contributed by atoms with van der Waals surface area (Å²) < 4.78 is 74.7. The number of nitro groups is 2. The van der Waals surface area contributed by atoms with Crippen molar-refractivity contribution in [2.45, 2.75) is 25.7 Å². The van der Waals surface area contributed by atoms with E-state index < -0.39 is 9.85 Å². The first-order chi connectivity index (χ1) is 40.3. The van der Waals surface area contributed by atoms with Gasteiger partial charge in [-0.25, -0.2) is 0 Å². The van der Waals surface area contributed by atoms with Crippen LogP contribution in [-0.2, 0) is 63.6 Å². The summed E-state index contributed by atoms with van der Waals surface area (Å²) in [5.74, 6) is 2.46. The van der Waals surface area contributed by atoms with E-state index in [4.69, 9.17) is 67.1 Å². The van der Waals surface area contributed by atoms with E-state index in [1.54, 1.807) is 24.3 Å². The van der Waals surface area contributed by atoms with Crippen molar-refractivity contribution < 1.29 is 66.7 Å². The van der Waals surface area contributed by atoms with Crippen LogP contribution in [0.5, 0.6) is 23.0 Å². The average Bonchev–Trinajstić information content (AvgIpc) is 3.55. The van der Waals surface area contributed by atoms with Crippen LogP contribution in [0.15, 0.2) is 130 Å². The highest BCUT2D eigenvalue weighted by atomic mass is 16.6. The van der Waals surface area contributed by atoms with Gasteiger partial charge in [0.25, 0.3) is 11.4 Å². The van der Waals surface area contributed by atoms with E-state index in [1.165, 1.54) is 24.3 Å². The highest BCUT2D eigenvalue weighted by Gasteiger charge is 2.24. The first-order valence-electron chi connectivity index (χ1n) is 27.3. The van der Waals surface area contributed by atoms with Gasteiger partial charge < -0.3 is 56.8 Å². The molecular weight excluding hydrogens is 1060 g/mol. The van der Waals surface area contributed by atoms with E-state index in [9.17, 15) is 20.2 Å². The second-order valence-electron chi connectivity index (χ2n) is 18.9. The van der Waals surface area contributed by atoms with Crippen molar-refractivity contribution in [3.8, 4) is 23.0 Å². The molecule has 22 heteroatoms. The van der Waals surface area contributed by atoms with E-state index in [2.05, 4.69) is 10.2 Å². The Kier molecular flexibility index (Phi) is 22.5. The molecular formula is C60H66N6O16. The Morgan fingerprint density at radius 2 is 0.500 bits per heavy atom. The van der Waals surface area contributed by atoms with Crippen LogP contribution >= 0.6 is 0 Å². The maximum atomic E-state index is 11.5. The standard InChI is InChI=1S/C60H66N6O16/c67-65(68)55-11-7-51(8-12-55)61-63-53-39-47-35-43-3-1-4-44-36-48-40-54(64-62-52-9-13-56(14-10-52)66(69)70)42-50-38-46-6-2-5-45(58(46)80-32-28-76-24-20-72-16-15-71-19-23-75-27-31-79-57(43)44)37-49(41-53)59(47)81-33-29-77-25-21-73-17-18-74-22-26-78-30-34-82-60(48)50/h1-14,39-42H,15-38H2. The summed E-state index contributed by atoms with van der Waals surface area (Å²) in [4.78, 5) is 22.1. The van der Waals surface area contributed by atoms with Crippen molar-refractivity contribution in [1.82, 2.24) is 0 Å². The molecule has 1 aliphatic carbocycles. The Balaban J connectivity index is 1.24. The van der Waals surface area contributed by atoms with Crippen LogP contribution in [0.25, 0.3) is 0 Å². The van der Waals surface area contributed by atoms with Gasteiger partial charge in [-0.3, -0.25) is 20.2 Å². The van der Waals surface area contributed by atoms with Crippen molar-refractivity contribution in [2.24, 2.45) is 20.5 Å². The van der Waals surface area contributed by atoms with Gasteiger partial charge in [-0.1, -0.05) is 36.4 Å². The van der Waals surface area contributed by atoms with Gasteiger partial charge in [0.2, 0.25) is 0 Å². The Bertz CT molecular complexity index is 2810. The Labute approximate surface area is 474 Å². The lowest BCUT2D eigenvalue weighted by atomic mass is 9.90. The molecule has 6 aromatic rings. The Morgan fingerprint density at radius 3 is 0.744 bits per heavy atom. The van der Waals surface area contributed by atoms with Crippen molar-refractivity contribution in [1.29, 1.82) is 0 Å². The lowest BCUT2D eigenvalue weighted by Gasteiger charge is -2.23. The highest BCUT2D eigenvalue weighted by Crippen LogP contribution is 2.42. The molecule has 0 aromatic heterocycles. The van der Waals surface area contributed by atoms with Crippen molar-refractivity contribution >= 4 is 34.1 Å². The molecule has 22 nitrogen and oxygen atoms in total. The fourth-order valence-electron chi connectivity index (χ4n) is 9.36. The second kappa shape index (κ2) is 31.4. The van der Waals surface area contributed by atoms with Crippen LogP contribution in [0.4, 0.5) is 34.1 Å². The van der Waals surface area contributed by atoms with E-state index in [0.717, 1.165) is 44.5 Å². The average molecular weight is 1130 g/mol. The lowest BCUT2D eigenvalue weighted by Crippen LogP contribution is -2.15. The lowest BCUT2D eigenvalue weighted by molar-refractivity contribution is -0.385. The van der Waals surface area contributed by atoms with E-state index in [0.29, 0.717) is 151 Å². The number of hydrogen-bond donors (Lipinski definition) is 0. The zero-order valence-electron chi connectivity index (χ0n) is 45.6. The first kappa shape index (κ1) is 58.8. The number of ether oxygens (including phenoxy) is 12. The first-order valence-corrected chi connectivity index (χ1v) is 27.3. The molecule has 0 radical (unpaired) electrons. The SMILES string of the molecule is O=[N+]([O-])c1ccc(N=Nc2cc3c4c(c2)Cc2cccc5c2OCCOCCOCCOCCOCCOc2c(cccc2Cc2cc(N=Nc6ccc([N+](=O)[O-])cc6)cc(c2OCCOCCOCCOCCOCCO4)C5)C3)cc1. The molecule has 6 aromatic carbocycles. The molecule has 12 bridgehead atoms. The molecule has 0 saturated carbocycles. The van der Waals surface area contributed by atoms with Crippen LogP contribution in [0.1, 0.15) is 44.5 Å². The predicted octanol–water partition coefficient (Wildman–Crippen LogP) is 10.7. The number of azo groups is 2. The fourth-order valence-corrected chi connectivity index (χ4v) is 9.36. The third-order valence-electron chi connectivity index (χ3n) is 13.1. The molecule has 0 N–H and O–H groups in total. The summed E-state index contributed by atoms with van der Waals surface area (Å²) in [5, 5.41) is 41.6. The molecule has 2 heterocycles. The molecule has 82 heavy (non-hydrogen) atoms. The van der Waals surface area contributed by atoms with Crippen LogP contribution in [-0.4, -0.2) is 142 Å². The summed E-state index contributed by atoms with van der Waals surface area (Å²) in [6.45, 7) is 6.26. The molecule has 9 rings (SSSR count). The number of rotatable bonds is 6. The van der Waals surface area contributed by atoms with Gasteiger partial charge in [-0.05, 0) is 70.8 Å². The van der Waals surface area contributed by atoms with Crippen molar-refractivity contribution in [3.05, 3.63) is 174 Å². The summed E-state index contributed by atoms with van der Waals surface area (Å²) >= 11 is 0. The number of nitro benzene ring substituents is 2. The summed E-state index contributed by atoms with van der Waals surface area (Å²) in [6, 6.07) is 31.6. The molecule has 0 amide bonds. The largest absolute Gasteiger partial charge is 0.491 e. The van der Waals surface area contributed by atoms with Gasteiger partial charge >= 0.3 is 0 Å². The molecule has 432 valence electrons. The van der Waals surface area contributed by atoms with Gasteiger partial charge in [0.15, 0.2) is 0 Å². The van der Waals surface area contributed by atoms with Gasteiger partial charge in [-0.2, -0.15) is 20.5 Å². The molecule has 3 aliphatic rings. The maximum absolute atomic E-state index is 11.5. The summed E-state index contributed by atoms with van der Waals surface area (Å²) in [5.41, 5.74) is 8.15. The van der Waals surface area contributed by atoms with Gasteiger partial charge in [-0.15, -0.1) is 0 Å². The highest BCUT2D eigenvalue weighted by molar-refractivity contribution is 5.62. The Morgan fingerprint density at radius 1 is 0.280 bits per heavy atom. The minimum atomic E-state index is -0.459. The molecule has 0 spiro atoms.